The van der Waals surface area contributed by atoms with Gasteiger partial charge in [0.05, 0.1) is 5.52 Å². The SMILES string of the molecule is CCN1CCc2nc3c(C)cc(C)cc3c(C(C)N)c2C1. The van der Waals surface area contributed by atoms with Crippen molar-refractivity contribution in [1.29, 1.82) is 0 Å². The number of rotatable bonds is 2. The quantitative estimate of drug-likeness (QED) is 0.920. The largest absolute Gasteiger partial charge is 0.324 e. The first-order valence-electron chi connectivity index (χ1n) is 7.91. The van der Waals surface area contributed by atoms with Gasteiger partial charge in [0.2, 0.25) is 0 Å². The van der Waals surface area contributed by atoms with Gasteiger partial charge in [-0.15, -0.1) is 0 Å². The van der Waals surface area contributed by atoms with Crippen molar-refractivity contribution in [3.8, 4) is 0 Å². The molecule has 3 nitrogen and oxygen atoms in total. The lowest BCUT2D eigenvalue weighted by Gasteiger charge is -2.30. The molecule has 0 radical (unpaired) electrons. The summed E-state index contributed by atoms with van der Waals surface area (Å²) in [5.41, 5.74) is 14.0. The molecular weight excluding hydrogens is 258 g/mol. The van der Waals surface area contributed by atoms with Crippen LogP contribution in [0.25, 0.3) is 10.9 Å². The van der Waals surface area contributed by atoms with Gasteiger partial charge in [-0.05, 0) is 50.1 Å². The van der Waals surface area contributed by atoms with E-state index in [0.717, 1.165) is 31.6 Å². The zero-order valence-corrected chi connectivity index (χ0v) is 13.5. The summed E-state index contributed by atoms with van der Waals surface area (Å²) in [5.74, 6) is 0. The molecule has 1 aliphatic rings. The van der Waals surface area contributed by atoms with E-state index in [1.165, 1.54) is 33.3 Å². The van der Waals surface area contributed by atoms with Gasteiger partial charge in [-0.3, -0.25) is 9.88 Å². The van der Waals surface area contributed by atoms with Gasteiger partial charge in [-0.2, -0.15) is 0 Å². The van der Waals surface area contributed by atoms with Crippen LogP contribution >= 0.6 is 0 Å². The van der Waals surface area contributed by atoms with Crippen LogP contribution < -0.4 is 5.73 Å². The second kappa shape index (κ2) is 5.39. The predicted molar refractivity (Wildman–Crippen MR) is 88.5 cm³/mol. The van der Waals surface area contributed by atoms with Crippen LogP contribution in [0.2, 0.25) is 0 Å². The molecule has 1 aliphatic heterocycles. The molecule has 2 heterocycles. The van der Waals surface area contributed by atoms with Gasteiger partial charge in [0, 0.05) is 36.6 Å². The van der Waals surface area contributed by atoms with E-state index in [0.29, 0.717) is 0 Å². The number of fused-ring (bicyclic) bond motifs is 2. The Morgan fingerprint density at radius 1 is 1.33 bits per heavy atom. The summed E-state index contributed by atoms with van der Waals surface area (Å²) in [5, 5.41) is 1.25. The molecule has 0 saturated heterocycles. The van der Waals surface area contributed by atoms with E-state index in [1.54, 1.807) is 0 Å². The molecule has 0 bridgehead atoms. The molecule has 3 heteroatoms. The molecule has 112 valence electrons. The Hall–Kier alpha value is -1.45. The van der Waals surface area contributed by atoms with Crippen LogP contribution in [0.4, 0.5) is 0 Å². The van der Waals surface area contributed by atoms with Crippen LogP contribution in [0.15, 0.2) is 12.1 Å². The normalized spacial score (nSPS) is 17.0. The Kier molecular flexibility index (Phi) is 3.72. The molecule has 0 fully saturated rings. The fourth-order valence-electron chi connectivity index (χ4n) is 3.57. The van der Waals surface area contributed by atoms with E-state index in [4.69, 9.17) is 10.7 Å². The number of hydrogen-bond donors (Lipinski definition) is 1. The molecule has 1 unspecified atom stereocenters. The first-order chi connectivity index (χ1) is 10.0. The third-order valence-electron chi connectivity index (χ3n) is 4.60. The van der Waals surface area contributed by atoms with Gasteiger partial charge in [0.15, 0.2) is 0 Å². The van der Waals surface area contributed by atoms with E-state index in [2.05, 4.69) is 44.7 Å². The molecule has 0 aliphatic carbocycles. The molecule has 2 aromatic rings. The lowest BCUT2D eigenvalue weighted by Crippen LogP contribution is -2.32. The van der Waals surface area contributed by atoms with Crippen molar-refractivity contribution in [3.63, 3.8) is 0 Å². The third-order valence-corrected chi connectivity index (χ3v) is 4.60. The van der Waals surface area contributed by atoms with Gasteiger partial charge < -0.3 is 5.73 Å². The Bertz CT molecular complexity index is 689. The van der Waals surface area contributed by atoms with Crippen LogP contribution in [0.5, 0.6) is 0 Å². The first kappa shape index (κ1) is 14.5. The Morgan fingerprint density at radius 2 is 2.10 bits per heavy atom. The molecule has 2 N–H and O–H groups in total. The highest BCUT2D eigenvalue weighted by atomic mass is 15.1. The van der Waals surface area contributed by atoms with Crippen molar-refractivity contribution in [3.05, 3.63) is 40.1 Å². The smallest absolute Gasteiger partial charge is 0.0738 e. The van der Waals surface area contributed by atoms with E-state index < -0.39 is 0 Å². The number of aromatic nitrogens is 1. The van der Waals surface area contributed by atoms with Crippen LogP contribution in [0.1, 0.15) is 47.8 Å². The third kappa shape index (κ3) is 2.45. The number of benzene rings is 1. The van der Waals surface area contributed by atoms with Crippen LogP contribution in [0.3, 0.4) is 0 Å². The minimum absolute atomic E-state index is 0.0438. The van der Waals surface area contributed by atoms with E-state index in [9.17, 15) is 0 Å². The zero-order chi connectivity index (χ0) is 15.1. The highest BCUT2D eigenvalue weighted by Gasteiger charge is 2.23. The number of pyridine rings is 1. The fourth-order valence-corrected chi connectivity index (χ4v) is 3.57. The van der Waals surface area contributed by atoms with Crippen molar-refractivity contribution in [2.24, 2.45) is 5.73 Å². The molecule has 1 atom stereocenters. The standard InChI is InChI=1S/C18H25N3/c1-5-21-7-6-16-15(10-21)17(13(4)19)14-9-11(2)8-12(3)18(14)20-16/h8-9,13H,5-7,10,19H2,1-4H3. The number of nitrogens with zero attached hydrogens (tertiary/aromatic N) is 2. The summed E-state index contributed by atoms with van der Waals surface area (Å²) < 4.78 is 0. The van der Waals surface area contributed by atoms with Crippen molar-refractivity contribution >= 4 is 10.9 Å². The zero-order valence-electron chi connectivity index (χ0n) is 13.5. The van der Waals surface area contributed by atoms with Gasteiger partial charge in [0.25, 0.3) is 0 Å². The average molecular weight is 283 g/mol. The lowest BCUT2D eigenvalue weighted by atomic mass is 9.90. The Labute approximate surface area is 127 Å². The number of nitrogens with two attached hydrogens (primary N) is 1. The van der Waals surface area contributed by atoms with Gasteiger partial charge in [-0.25, -0.2) is 0 Å². The Morgan fingerprint density at radius 3 is 2.76 bits per heavy atom. The number of aryl methyl sites for hydroxylation is 2. The minimum atomic E-state index is 0.0438. The molecule has 0 saturated carbocycles. The summed E-state index contributed by atoms with van der Waals surface area (Å²) >= 11 is 0. The minimum Gasteiger partial charge on any atom is -0.324 e. The van der Waals surface area contributed by atoms with Crippen LogP contribution in [-0.4, -0.2) is 23.0 Å². The molecule has 21 heavy (non-hydrogen) atoms. The van der Waals surface area contributed by atoms with Gasteiger partial charge in [-0.1, -0.05) is 18.6 Å². The molecule has 0 amide bonds. The molecule has 0 spiro atoms. The highest BCUT2D eigenvalue weighted by Crippen LogP contribution is 2.33. The maximum atomic E-state index is 6.34. The summed E-state index contributed by atoms with van der Waals surface area (Å²) in [6.07, 6.45) is 1.03. The van der Waals surface area contributed by atoms with Crippen molar-refractivity contribution < 1.29 is 0 Å². The van der Waals surface area contributed by atoms with Gasteiger partial charge in [0.1, 0.15) is 0 Å². The van der Waals surface area contributed by atoms with Crippen LogP contribution in [-0.2, 0) is 13.0 Å². The van der Waals surface area contributed by atoms with Crippen molar-refractivity contribution in [2.75, 3.05) is 13.1 Å². The second-order valence-electron chi connectivity index (χ2n) is 6.34. The maximum absolute atomic E-state index is 6.34. The summed E-state index contributed by atoms with van der Waals surface area (Å²) in [6, 6.07) is 4.51. The lowest BCUT2D eigenvalue weighted by molar-refractivity contribution is 0.264. The van der Waals surface area contributed by atoms with Crippen LogP contribution in [0, 0.1) is 13.8 Å². The fraction of sp³-hybridized carbons (Fsp3) is 0.500. The van der Waals surface area contributed by atoms with Crippen molar-refractivity contribution in [1.82, 2.24) is 9.88 Å². The Balaban J connectivity index is 2.32. The summed E-state index contributed by atoms with van der Waals surface area (Å²) in [7, 11) is 0. The van der Waals surface area contributed by atoms with Crippen molar-refractivity contribution in [2.45, 2.75) is 46.7 Å². The van der Waals surface area contributed by atoms with E-state index in [-0.39, 0.29) is 6.04 Å². The number of likely N-dealkylation sites (N-methyl/N-ethyl adjacent to an activating group) is 1. The van der Waals surface area contributed by atoms with E-state index in [1.807, 2.05) is 0 Å². The summed E-state index contributed by atoms with van der Waals surface area (Å²) in [6.45, 7) is 11.8. The highest BCUT2D eigenvalue weighted by molar-refractivity contribution is 5.87. The maximum Gasteiger partial charge on any atom is 0.0738 e. The monoisotopic (exact) mass is 283 g/mol. The summed E-state index contributed by atoms with van der Waals surface area (Å²) in [4.78, 5) is 7.46. The average Bonchev–Trinajstić information content (AvgIpc) is 2.44. The first-order valence-corrected chi connectivity index (χ1v) is 7.91. The molecular formula is C18H25N3. The topological polar surface area (TPSA) is 42.2 Å². The second-order valence-corrected chi connectivity index (χ2v) is 6.34. The number of hydrogen-bond acceptors (Lipinski definition) is 3. The molecule has 1 aromatic heterocycles. The molecule has 3 rings (SSSR count). The predicted octanol–water partition coefficient (Wildman–Crippen LogP) is 3.25. The van der Waals surface area contributed by atoms with E-state index >= 15 is 0 Å². The molecule has 1 aromatic carbocycles. The van der Waals surface area contributed by atoms with Gasteiger partial charge >= 0.3 is 0 Å².